The molecular formula is C31H23N. The van der Waals surface area contributed by atoms with Crippen LogP contribution in [0.1, 0.15) is 67.8 Å². The highest BCUT2D eigenvalue weighted by Crippen LogP contribution is 2.60. The molecule has 32 heavy (non-hydrogen) atoms. The van der Waals surface area contributed by atoms with Crippen LogP contribution in [0.15, 0.2) is 77.8 Å². The van der Waals surface area contributed by atoms with E-state index in [1.54, 1.807) is 5.56 Å². The first-order valence-corrected chi connectivity index (χ1v) is 11.7. The van der Waals surface area contributed by atoms with Gasteiger partial charge in [-0.2, -0.15) is 0 Å². The van der Waals surface area contributed by atoms with Crippen LogP contribution in [-0.2, 0) is 6.42 Å². The average molecular weight is 410 g/mol. The number of benzene rings is 4. The quantitative estimate of drug-likeness (QED) is 0.291. The molecule has 4 aromatic rings. The minimum Gasteiger partial charge on any atom is -0.256 e. The van der Waals surface area contributed by atoms with Crippen molar-refractivity contribution in [3.05, 3.63) is 123 Å². The first kappa shape index (κ1) is 17.1. The molecule has 0 saturated heterocycles. The summed E-state index contributed by atoms with van der Waals surface area (Å²) in [5, 5.41) is 3.01. The van der Waals surface area contributed by atoms with Gasteiger partial charge in [0.2, 0.25) is 0 Å². The standard InChI is InChI=1S/C31H23N/c1-16-14-19-10-6-12-21-26(19)29-24(16)17(2)15-22-25(18-8-4-3-5-9-18)20-11-7-13-23-27(20)30(28(22)29)31(21)32-23/h3-9,11-15,21,25,30H,10H2,1-2H3. The Kier molecular flexibility index (Phi) is 3.04. The molecule has 1 heterocycles. The van der Waals surface area contributed by atoms with Gasteiger partial charge in [-0.3, -0.25) is 4.99 Å². The second-order valence-corrected chi connectivity index (χ2v) is 9.92. The summed E-state index contributed by atoms with van der Waals surface area (Å²) in [6.07, 6.45) is 5.82. The third kappa shape index (κ3) is 1.86. The maximum atomic E-state index is 5.32. The van der Waals surface area contributed by atoms with Gasteiger partial charge in [0.05, 0.1) is 11.6 Å². The van der Waals surface area contributed by atoms with Crippen molar-refractivity contribution in [3.63, 3.8) is 0 Å². The predicted octanol–water partition coefficient (Wildman–Crippen LogP) is 7.38. The van der Waals surface area contributed by atoms with Gasteiger partial charge in [-0.1, -0.05) is 66.7 Å². The van der Waals surface area contributed by atoms with Gasteiger partial charge in [0, 0.05) is 17.5 Å². The molecule has 3 aliphatic carbocycles. The van der Waals surface area contributed by atoms with Crippen LogP contribution in [0.5, 0.6) is 0 Å². The van der Waals surface area contributed by atoms with Crippen molar-refractivity contribution in [2.75, 3.05) is 0 Å². The fourth-order valence-electron chi connectivity index (χ4n) is 7.27. The van der Waals surface area contributed by atoms with Crippen LogP contribution in [0.3, 0.4) is 0 Å². The lowest BCUT2D eigenvalue weighted by Gasteiger charge is -2.41. The third-order valence-corrected chi connectivity index (χ3v) is 8.29. The summed E-state index contributed by atoms with van der Waals surface area (Å²) >= 11 is 0. The van der Waals surface area contributed by atoms with Crippen LogP contribution in [-0.4, -0.2) is 5.71 Å². The van der Waals surface area contributed by atoms with Crippen molar-refractivity contribution in [3.8, 4) is 0 Å². The lowest BCUT2D eigenvalue weighted by Crippen LogP contribution is -2.31. The summed E-state index contributed by atoms with van der Waals surface area (Å²) in [7, 11) is 0. The molecule has 0 radical (unpaired) electrons. The van der Waals surface area contributed by atoms with Gasteiger partial charge in [-0.15, -0.1) is 0 Å². The van der Waals surface area contributed by atoms with Crippen LogP contribution in [0.4, 0.5) is 5.69 Å². The molecule has 1 aliphatic heterocycles. The van der Waals surface area contributed by atoms with E-state index in [-0.39, 0.29) is 5.92 Å². The number of nitrogens with zero attached hydrogens (tertiary/aromatic N) is 1. The van der Waals surface area contributed by atoms with Crippen molar-refractivity contribution >= 4 is 22.2 Å². The summed E-state index contributed by atoms with van der Waals surface area (Å²) in [6.45, 7) is 4.62. The largest absolute Gasteiger partial charge is 0.256 e. The van der Waals surface area contributed by atoms with Gasteiger partial charge in [-0.05, 0) is 87.2 Å². The Bertz CT molecular complexity index is 1570. The SMILES string of the molecule is Cc1cc2c3c4c5c(cc(C)c14)C(c1ccccc1)c1cccc4c1C5C(=N4)C3C=CC2. The zero-order valence-electron chi connectivity index (χ0n) is 18.3. The minimum atomic E-state index is 0.266. The Morgan fingerprint density at radius 2 is 1.59 bits per heavy atom. The summed E-state index contributed by atoms with van der Waals surface area (Å²) < 4.78 is 0. The Labute approximate surface area is 188 Å². The van der Waals surface area contributed by atoms with Crippen LogP contribution in [0.2, 0.25) is 0 Å². The molecular weight excluding hydrogens is 386 g/mol. The number of hydrogen-bond acceptors (Lipinski definition) is 1. The van der Waals surface area contributed by atoms with Crippen molar-refractivity contribution in [2.24, 2.45) is 4.99 Å². The van der Waals surface area contributed by atoms with E-state index in [1.807, 2.05) is 0 Å². The minimum absolute atomic E-state index is 0.266. The van der Waals surface area contributed by atoms with E-state index in [4.69, 9.17) is 4.99 Å². The van der Waals surface area contributed by atoms with Gasteiger partial charge >= 0.3 is 0 Å². The van der Waals surface area contributed by atoms with E-state index in [2.05, 4.69) is 86.7 Å². The Balaban J connectivity index is 1.62. The van der Waals surface area contributed by atoms with Crippen molar-refractivity contribution in [1.82, 2.24) is 0 Å². The number of hydrogen-bond donors (Lipinski definition) is 0. The molecule has 0 spiro atoms. The monoisotopic (exact) mass is 409 g/mol. The normalized spacial score (nSPS) is 22.9. The number of rotatable bonds is 1. The predicted molar refractivity (Wildman–Crippen MR) is 132 cm³/mol. The number of allylic oxidation sites excluding steroid dienone is 2. The number of fused-ring (bicyclic) bond motifs is 1. The number of aliphatic imine (C=N–C) groups is 1. The highest BCUT2D eigenvalue weighted by Gasteiger charge is 2.47. The number of aryl methyl sites for hydroxylation is 2. The maximum Gasteiger partial charge on any atom is 0.0675 e. The molecule has 3 atom stereocenters. The third-order valence-electron chi connectivity index (χ3n) is 8.29. The molecule has 0 fully saturated rings. The first-order valence-electron chi connectivity index (χ1n) is 11.7. The van der Waals surface area contributed by atoms with Crippen LogP contribution < -0.4 is 0 Å². The fraction of sp³-hybridized carbons (Fsp3) is 0.194. The zero-order valence-corrected chi connectivity index (χ0v) is 18.3. The molecule has 1 heteroatoms. The molecule has 1 nitrogen and oxygen atoms in total. The van der Waals surface area contributed by atoms with Crippen LogP contribution in [0.25, 0.3) is 10.8 Å². The zero-order chi connectivity index (χ0) is 21.1. The molecule has 4 aliphatic rings. The lowest BCUT2D eigenvalue weighted by atomic mass is 9.61. The van der Waals surface area contributed by atoms with Crippen molar-refractivity contribution in [1.29, 1.82) is 0 Å². The first-order chi connectivity index (χ1) is 15.7. The van der Waals surface area contributed by atoms with Crippen molar-refractivity contribution in [2.45, 2.75) is 38.0 Å². The molecule has 8 rings (SSSR count). The Morgan fingerprint density at radius 3 is 2.47 bits per heavy atom. The van der Waals surface area contributed by atoms with E-state index in [1.165, 1.54) is 66.7 Å². The van der Waals surface area contributed by atoms with E-state index >= 15 is 0 Å². The summed E-state index contributed by atoms with van der Waals surface area (Å²) in [5.74, 6) is 0.874. The molecule has 0 saturated carbocycles. The highest BCUT2D eigenvalue weighted by molar-refractivity contribution is 6.16. The van der Waals surface area contributed by atoms with E-state index < -0.39 is 0 Å². The fourth-order valence-corrected chi connectivity index (χ4v) is 7.27. The van der Waals surface area contributed by atoms with Gasteiger partial charge < -0.3 is 0 Å². The Hall–Kier alpha value is -3.45. The van der Waals surface area contributed by atoms with Gasteiger partial charge in [0.25, 0.3) is 0 Å². The summed E-state index contributed by atoms with van der Waals surface area (Å²) in [4.78, 5) is 5.32. The van der Waals surface area contributed by atoms with E-state index in [0.717, 1.165) is 6.42 Å². The molecule has 152 valence electrons. The summed E-state index contributed by atoms with van der Waals surface area (Å²) in [6, 6.07) is 22.8. The van der Waals surface area contributed by atoms with E-state index in [0.29, 0.717) is 11.8 Å². The van der Waals surface area contributed by atoms with Crippen LogP contribution in [0, 0.1) is 13.8 Å². The molecule has 0 amide bonds. The second kappa shape index (κ2) is 5.66. The molecule has 4 aromatic carbocycles. The van der Waals surface area contributed by atoms with E-state index in [9.17, 15) is 0 Å². The second-order valence-electron chi connectivity index (χ2n) is 9.92. The maximum absolute atomic E-state index is 5.32. The topological polar surface area (TPSA) is 12.4 Å². The highest BCUT2D eigenvalue weighted by atomic mass is 14.8. The van der Waals surface area contributed by atoms with Crippen LogP contribution >= 0.6 is 0 Å². The van der Waals surface area contributed by atoms with Gasteiger partial charge in [0.15, 0.2) is 0 Å². The molecule has 0 aromatic heterocycles. The lowest BCUT2D eigenvalue weighted by molar-refractivity contribution is 0.846. The summed E-state index contributed by atoms with van der Waals surface area (Å²) in [5.41, 5.74) is 15.7. The van der Waals surface area contributed by atoms with Gasteiger partial charge in [-0.25, -0.2) is 0 Å². The van der Waals surface area contributed by atoms with Crippen molar-refractivity contribution < 1.29 is 0 Å². The molecule has 0 bridgehead atoms. The van der Waals surface area contributed by atoms with Gasteiger partial charge in [0.1, 0.15) is 0 Å². The average Bonchev–Trinajstić information content (AvgIpc) is 3.20. The Morgan fingerprint density at radius 1 is 0.750 bits per heavy atom. The smallest absolute Gasteiger partial charge is 0.0675 e. The molecule has 3 unspecified atom stereocenters. The molecule has 0 N–H and O–H groups in total.